The highest BCUT2D eigenvalue weighted by atomic mass is 79.9. The molecule has 2 aromatic rings. The van der Waals surface area contributed by atoms with Crippen LogP contribution < -0.4 is 5.32 Å². The smallest absolute Gasteiger partial charge is 0.0867 e. The van der Waals surface area contributed by atoms with Crippen molar-refractivity contribution in [2.45, 2.75) is 25.3 Å². The SMILES string of the molecule is C[C@@]1(N2CCNCC2)c2ccc(Cl)c(Br)c2CCc2cc(Br)cnc21. The molecular formula is C19H20Br2ClN3. The molecule has 6 heteroatoms. The highest BCUT2D eigenvalue weighted by Gasteiger charge is 2.42. The fraction of sp³-hybridized carbons (Fsp3) is 0.421. The number of hydrogen-bond acceptors (Lipinski definition) is 3. The number of nitrogens with zero attached hydrogens (tertiary/aromatic N) is 2. The number of hydrogen-bond donors (Lipinski definition) is 1. The van der Waals surface area contributed by atoms with E-state index >= 15 is 0 Å². The molecule has 0 radical (unpaired) electrons. The fourth-order valence-corrected chi connectivity index (χ4v) is 5.32. The Labute approximate surface area is 170 Å². The molecule has 132 valence electrons. The van der Waals surface area contributed by atoms with Crippen LogP contribution in [0.2, 0.25) is 5.02 Å². The topological polar surface area (TPSA) is 28.2 Å². The second kappa shape index (κ2) is 6.93. The molecule has 3 nitrogen and oxygen atoms in total. The zero-order valence-corrected chi connectivity index (χ0v) is 18.0. The Morgan fingerprint density at radius 1 is 1.20 bits per heavy atom. The van der Waals surface area contributed by atoms with E-state index in [2.05, 4.69) is 61.1 Å². The predicted molar refractivity (Wildman–Crippen MR) is 109 cm³/mol. The summed E-state index contributed by atoms with van der Waals surface area (Å²) in [5, 5.41) is 4.24. The summed E-state index contributed by atoms with van der Waals surface area (Å²) in [5.74, 6) is 0. The van der Waals surface area contributed by atoms with Crippen molar-refractivity contribution >= 4 is 43.5 Å². The summed E-state index contributed by atoms with van der Waals surface area (Å²) in [6, 6.07) is 6.43. The van der Waals surface area contributed by atoms with Crippen molar-refractivity contribution in [1.82, 2.24) is 15.2 Å². The van der Waals surface area contributed by atoms with Crippen LogP contribution in [0.3, 0.4) is 0 Å². The summed E-state index contributed by atoms with van der Waals surface area (Å²) in [6.45, 7) is 6.35. The molecule has 1 saturated heterocycles. The first-order valence-electron chi connectivity index (χ1n) is 8.60. The molecule has 1 aromatic carbocycles. The highest BCUT2D eigenvalue weighted by Crippen LogP contribution is 2.45. The largest absolute Gasteiger partial charge is 0.314 e. The van der Waals surface area contributed by atoms with Crippen LogP contribution in [0.5, 0.6) is 0 Å². The Morgan fingerprint density at radius 3 is 2.72 bits per heavy atom. The number of aromatic nitrogens is 1. The van der Waals surface area contributed by atoms with Gasteiger partial charge in [-0.05, 0) is 80.4 Å². The van der Waals surface area contributed by atoms with Gasteiger partial charge in [-0.3, -0.25) is 9.88 Å². The average molecular weight is 486 g/mol. The maximum atomic E-state index is 6.42. The molecular weight excluding hydrogens is 465 g/mol. The lowest BCUT2D eigenvalue weighted by atomic mass is 9.83. The van der Waals surface area contributed by atoms with E-state index in [1.807, 2.05) is 12.3 Å². The first kappa shape index (κ1) is 17.9. The van der Waals surface area contributed by atoms with Crippen molar-refractivity contribution in [3.8, 4) is 0 Å². The van der Waals surface area contributed by atoms with Gasteiger partial charge < -0.3 is 5.32 Å². The molecule has 1 atom stereocenters. The van der Waals surface area contributed by atoms with Crippen LogP contribution in [0.4, 0.5) is 0 Å². The molecule has 0 unspecified atom stereocenters. The van der Waals surface area contributed by atoms with Gasteiger partial charge in [0, 0.05) is 41.3 Å². The number of halogens is 3. The van der Waals surface area contributed by atoms with Crippen LogP contribution >= 0.6 is 43.5 Å². The molecule has 1 N–H and O–H groups in total. The van der Waals surface area contributed by atoms with Crippen LogP contribution in [0.25, 0.3) is 0 Å². The Hall–Kier alpha value is -0.460. The number of pyridine rings is 1. The number of piperazine rings is 1. The van der Waals surface area contributed by atoms with Gasteiger partial charge in [-0.2, -0.15) is 0 Å². The molecule has 25 heavy (non-hydrogen) atoms. The maximum Gasteiger partial charge on any atom is 0.0867 e. The van der Waals surface area contributed by atoms with Crippen LogP contribution in [-0.2, 0) is 18.4 Å². The van der Waals surface area contributed by atoms with Crippen molar-refractivity contribution in [1.29, 1.82) is 0 Å². The third kappa shape index (κ3) is 2.98. The third-order valence-electron chi connectivity index (χ3n) is 5.51. The Morgan fingerprint density at radius 2 is 1.96 bits per heavy atom. The monoisotopic (exact) mass is 483 g/mol. The number of aryl methyl sites for hydroxylation is 1. The van der Waals surface area contributed by atoms with Gasteiger partial charge >= 0.3 is 0 Å². The van der Waals surface area contributed by atoms with E-state index in [9.17, 15) is 0 Å². The molecule has 1 aliphatic heterocycles. The molecule has 1 aliphatic carbocycles. The van der Waals surface area contributed by atoms with E-state index in [1.165, 1.54) is 22.4 Å². The van der Waals surface area contributed by atoms with E-state index in [0.29, 0.717) is 0 Å². The Balaban J connectivity index is 1.98. The molecule has 0 saturated carbocycles. The third-order valence-corrected chi connectivity index (χ3v) is 7.39. The maximum absolute atomic E-state index is 6.42. The zero-order chi connectivity index (χ0) is 17.6. The van der Waals surface area contributed by atoms with Gasteiger partial charge in [0.15, 0.2) is 0 Å². The summed E-state index contributed by atoms with van der Waals surface area (Å²) in [6.07, 6.45) is 3.86. The van der Waals surface area contributed by atoms with E-state index in [-0.39, 0.29) is 5.54 Å². The highest BCUT2D eigenvalue weighted by molar-refractivity contribution is 9.10. The van der Waals surface area contributed by atoms with Crippen molar-refractivity contribution in [2.24, 2.45) is 0 Å². The van der Waals surface area contributed by atoms with E-state index in [4.69, 9.17) is 16.6 Å². The zero-order valence-electron chi connectivity index (χ0n) is 14.1. The lowest BCUT2D eigenvalue weighted by Crippen LogP contribution is -2.54. The molecule has 4 rings (SSSR count). The van der Waals surface area contributed by atoms with Crippen LogP contribution in [0, 0.1) is 0 Å². The van der Waals surface area contributed by atoms with Gasteiger partial charge in [0.1, 0.15) is 0 Å². The summed E-state index contributed by atoms with van der Waals surface area (Å²) in [5.41, 5.74) is 4.86. The first-order valence-corrected chi connectivity index (χ1v) is 10.6. The van der Waals surface area contributed by atoms with Crippen LogP contribution in [0.1, 0.15) is 29.3 Å². The Bertz CT molecular complexity index is 821. The number of rotatable bonds is 1. The van der Waals surface area contributed by atoms with Crippen molar-refractivity contribution in [2.75, 3.05) is 26.2 Å². The van der Waals surface area contributed by atoms with Gasteiger partial charge in [-0.25, -0.2) is 0 Å². The molecule has 0 bridgehead atoms. The van der Waals surface area contributed by atoms with Crippen LogP contribution in [-0.4, -0.2) is 36.1 Å². The molecule has 0 amide bonds. The van der Waals surface area contributed by atoms with E-state index in [1.54, 1.807) is 0 Å². The van der Waals surface area contributed by atoms with Gasteiger partial charge in [-0.1, -0.05) is 17.7 Å². The lowest BCUT2D eigenvalue weighted by molar-refractivity contribution is 0.116. The summed E-state index contributed by atoms with van der Waals surface area (Å²) < 4.78 is 2.07. The van der Waals surface area contributed by atoms with Gasteiger partial charge in [0.2, 0.25) is 0 Å². The number of benzene rings is 1. The van der Waals surface area contributed by atoms with E-state index < -0.39 is 0 Å². The second-order valence-electron chi connectivity index (χ2n) is 6.86. The minimum Gasteiger partial charge on any atom is -0.314 e. The summed E-state index contributed by atoms with van der Waals surface area (Å²) in [4.78, 5) is 7.46. The minimum absolute atomic E-state index is 0.253. The van der Waals surface area contributed by atoms with E-state index in [0.717, 1.165) is 53.0 Å². The molecule has 2 heterocycles. The Kier molecular flexibility index (Phi) is 4.97. The van der Waals surface area contributed by atoms with Crippen molar-refractivity contribution in [3.63, 3.8) is 0 Å². The molecule has 2 aliphatic rings. The summed E-state index contributed by atoms with van der Waals surface area (Å²) >= 11 is 13.8. The van der Waals surface area contributed by atoms with Gasteiger partial charge in [-0.15, -0.1) is 0 Å². The average Bonchev–Trinajstić information content (AvgIpc) is 2.75. The normalized spacial score (nSPS) is 23.7. The van der Waals surface area contributed by atoms with Gasteiger partial charge in [0.05, 0.1) is 16.3 Å². The number of nitrogens with one attached hydrogen (secondary N) is 1. The standard InChI is InChI=1S/C19H20Br2ClN3/c1-19(25-8-6-23-7-9-25)15-4-5-16(22)17(21)14(15)3-2-12-10-13(20)11-24-18(12)19/h4-5,10-11,23H,2-3,6-9H2,1H3/t19-/m1/s1. The molecule has 1 aromatic heterocycles. The second-order valence-corrected chi connectivity index (χ2v) is 8.97. The first-order chi connectivity index (χ1) is 12.0. The molecule has 0 spiro atoms. The van der Waals surface area contributed by atoms with Crippen LogP contribution in [0.15, 0.2) is 33.3 Å². The van der Waals surface area contributed by atoms with Crippen molar-refractivity contribution in [3.05, 3.63) is 60.7 Å². The predicted octanol–water partition coefficient (Wildman–Crippen LogP) is 4.53. The van der Waals surface area contributed by atoms with Gasteiger partial charge in [0.25, 0.3) is 0 Å². The minimum atomic E-state index is -0.253. The molecule has 1 fully saturated rings. The lowest BCUT2D eigenvalue weighted by Gasteiger charge is -2.44. The quantitative estimate of drug-likeness (QED) is 0.644. The number of fused-ring (bicyclic) bond motifs is 2. The fourth-order valence-electron chi connectivity index (χ4n) is 4.22. The summed E-state index contributed by atoms with van der Waals surface area (Å²) in [7, 11) is 0. The van der Waals surface area contributed by atoms with Crippen molar-refractivity contribution < 1.29 is 0 Å².